The quantitative estimate of drug-likeness (QED) is 0.432. The van der Waals surface area contributed by atoms with Crippen LogP contribution in [0.3, 0.4) is 0 Å². The number of hydrogen-bond donors (Lipinski definition) is 3. The first kappa shape index (κ1) is 17.2. The van der Waals surface area contributed by atoms with E-state index in [0.29, 0.717) is 22.5 Å². The highest BCUT2D eigenvalue weighted by Crippen LogP contribution is 2.23. The lowest BCUT2D eigenvalue weighted by Gasteiger charge is -2.16. The Balaban J connectivity index is 1.60. The van der Waals surface area contributed by atoms with Crippen LogP contribution in [0.15, 0.2) is 33.5 Å². The number of benzene rings is 1. The normalized spacial score (nSPS) is 14.6. The second-order valence-electron chi connectivity index (χ2n) is 6.03. The van der Waals surface area contributed by atoms with Crippen LogP contribution in [-0.2, 0) is 4.79 Å². The van der Waals surface area contributed by atoms with Gasteiger partial charge in [0.15, 0.2) is 11.2 Å². The zero-order valence-corrected chi connectivity index (χ0v) is 14.7. The van der Waals surface area contributed by atoms with Crippen molar-refractivity contribution in [3.8, 4) is 5.75 Å². The van der Waals surface area contributed by atoms with E-state index in [1.807, 2.05) is 6.92 Å². The van der Waals surface area contributed by atoms with Gasteiger partial charge in [0, 0.05) is 23.6 Å². The van der Waals surface area contributed by atoms with Gasteiger partial charge in [-0.3, -0.25) is 15.6 Å². The Hall–Kier alpha value is -2.61. The smallest absolute Gasteiger partial charge is 0.336 e. The summed E-state index contributed by atoms with van der Waals surface area (Å²) >= 11 is 5.06. The van der Waals surface area contributed by atoms with Crippen molar-refractivity contribution in [2.24, 2.45) is 0 Å². The third-order valence-corrected chi connectivity index (χ3v) is 4.04. The molecule has 132 valence electrons. The fourth-order valence-corrected chi connectivity index (χ4v) is 2.52. The topological polar surface area (TPSA) is 92.6 Å². The van der Waals surface area contributed by atoms with Crippen LogP contribution in [-0.4, -0.2) is 23.2 Å². The summed E-state index contributed by atoms with van der Waals surface area (Å²) in [6, 6.07) is 6.96. The van der Waals surface area contributed by atoms with Crippen LogP contribution in [0.4, 0.5) is 0 Å². The van der Waals surface area contributed by atoms with Crippen LogP contribution in [0.5, 0.6) is 5.75 Å². The minimum atomic E-state index is -0.759. The van der Waals surface area contributed by atoms with Crippen molar-refractivity contribution in [3.05, 3.63) is 40.2 Å². The monoisotopic (exact) mass is 361 g/mol. The van der Waals surface area contributed by atoms with E-state index >= 15 is 0 Å². The Bertz CT molecular complexity index is 876. The number of carbonyl (C=O) groups is 1. The Morgan fingerprint density at radius 3 is 2.80 bits per heavy atom. The molecule has 7 nitrogen and oxygen atoms in total. The molecule has 1 fully saturated rings. The number of rotatable bonds is 4. The molecule has 1 heterocycles. The Labute approximate surface area is 149 Å². The average molecular weight is 361 g/mol. The van der Waals surface area contributed by atoms with Crippen molar-refractivity contribution in [1.29, 1.82) is 0 Å². The highest BCUT2D eigenvalue weighted by molar-refractivity contribution is 7.80. The van der Waals surface area contributed by atoms with Crippen molar-refractivity contribution in [2.75, 3.05) is 0 Å². The molecule has 0 spiro atoms. The number of fused-ring (bicyclic) bond motifs is 1. The molecule has 25 heavy (non-hydrogen) atoms. The number of thiocarbonyl (C=S) groups is 1. The van der Waals surface area contributed by atoms with E-state index in [0.717, 1.165) is 23.8 Å². The van der Waals surface area contributed by atoms with E-state index in [1.54, 1.807) is 25.1 Å². The molecule has 0 unspecified atom stereocenters. The lowest BCUT2D eigenvalue weighted by Crippen LogP contribution is -2.50. The van der Waals surface area contributed by atoms with Gasteiger partial charge in [0.2, 0.25) is 0 Å². The second kappa shape index (κ2) is 7.10. The Morgan fingerprint density at radius 2 is 2.08 bits per heavy atom. The molecule has 1 aliphatic rings. The molecule has 1 aliphatic carbocycles. The van der Waals surface area contributed by atoms with Crippen LogP contribution >= 0.6 is 12.2 Å². The molecule has 3 N–H and O–H groups in total. The minimum absolute atomic E-state index is 0.370. The summed E-state index contributed by atoms with van der Waals surface area (Å²) in [4.78, 5) is 23.5. The highest BCUT2D eigenvalue weighted by atomic mass is 32.1. The summed E-state index contributed by atoms with van der Waals surface area (Å²) in [6.07, 6.45) is 1.42. The van der Waals surface area contributed by atoms with E-state index in [1.165, 1.54) is 6.07 Å². The van der Waals surface area contributed by atoms with Gasteiger partial charge in [-0.2, -0.15) is 0 Å². The number of hydrogen-bond acceptors (Lipinski definition) is 5. The zero-order chi connectivity index (χ0) is 18.0. The Morgan fingerprint density at radius 1 is 1.32 bits per heavy atom. The van der Waals surface area contributed by atoms with Crippen molar-refractivity contribution in [3.63, 3.8) is 0 Å². The molecule has 1 aromatic carbocycles. The number of nitrogens with one attached hydrogen (secondary N) is 3. The van der Waals surface area contributed by atoms with E-state index in [-0.39, 0.29) is 5.91 Å². The lowest BCUT2D eigenvalue weighted by molar-refractivity contribution is -0.127. The van der Waals surface area contributed by atoms with Gasteiger partial charge in [-0.15, -0.1) is 0 Å². The van der Waals surface area contributed by atoms with Gasteiger partial charge in [-0.25, -0.2) is 4.79 Å². The van der Waals surface area contributed by atoms with Crippen LogP contribution in [0.1, 0.15) is 25.3 Å². The Kier molecular flexibility index (Phi) is 4.89. The molecule has 1 amide bonds. The maximum atomic E-state index is 12.1. The van der Waals surface area contributed by atoms with E-state index < -0.39 is 11.7 Å². The summed E-state index contributed by atoms with van der Waals surface area (Å²) in [5, 5.41) is 4.25. The fourth-order valence-electron chi connectivity index (χ4n) is 2.31. The highest BCUT2D eigenvalue weighted by Gasteiger charge is 2.22. The average Bonchev–Trinajstić information content (AvgIpc) is 3.35. The van der Waals surface area contributed by atoms with Crippen LogP contribution in [0.2, 0.25) is 0 Å². The molecule has 0 bridgehead atoms. The van der Waals surface area contributed by atoms with Crippen LogP contribution < -0.4 is 26.5 Å². The van der Waals surface area contributed by atoms with Crippen molar-refractivity contribution >= 4 is 34.2 Å². The molecular weight excluding hydrogens is 342 g/mol. The van der Waals surface area contributed by atoms with Gasteiger partial charge in [-0.1, -0.05) is 0 Å². The maximum Gasteiger partial charge on any atom is 0.336 e. The van der Waals surface area contributed by atoms with Crippen molar-refractivity contribution < 1.29 is 13.9 Å². The summed E-state index contributed by atoms with van der Waals surface area (Å²) in [5.41, 5.74) is 5.97. The number of amides is 1. The van der Waals surface area contributed by atoms with Crippen molar-refractivity contribution in [1.82, 2.24) is 16.2 Å². The summed E-state index contributed by atoms with van der Waals surface area (Å²) in [7, 11) is 0. The first-order valence-electron chi connectivity index (χ1n) is 8.00. The molecule has 2 aromatic rings. The molecule has 1 atom stereocenters. The number of aryl methyl sites for hydroxylation is 1. The largest absolute Gasteiger partial charge is 0.481 e. The summed E-state index contributed by atoms with van der Waals surface area (Å²) in [5.74, 6) is 0.0633. The molecular formula is C17H19N3O4S. The van der Waals surface area contributed by atoms with E-state index in [2.05, 4.69) is 16.2 Å². The zero-order valence-electron chi connectivity index (χ0n) is 13.9. The summed E-state index contributed by atoms with van der Waals surface area (Å²) in [6.45, 7) is 3.45. The van der Waals surface area contributed by atoms with Gasteiger partial charge in [0.05, 0.1) is 0 Å². The SMILES string of the molecule is Cc1cc(=O)oc2cc(O[C@@H](C)C(=O)NNC(=S)NC3CC3)ccc12. The molecule has 0 radical (unpaired) electrons. The van der Waals surface area contributed by atoms with Gasteiger partial charge in [0.25, 0.3) is 5.91 Å². The molecule has 0 saturated heterocycles. The maximum absolute atomic E-state index is 12.1. The number of ether oxygens (including phenoxy) is 1. The predicted molar refractivity (Wildman–Crippen MR) is 97.3 cm³/mol. The molecule has 3 rings (SSSR count). The third kappa shape index (κ3) is 4.48. The number of hydrazine groups is 1. The van der Waals surface area contributed by atoms with E-state index in [9.17, 15) is 9.59 Å². The van der Waals surface area contributed by atoms with Crippen LogP contribution in [0, 0.1) is 6.92 Å². The van der Waals surface area contributed by atoms with Gasteiger partial charge < -0.3 is 14.5 Å². The van der Waals surface area contributed by atoms with Gasteiger partial charge in [-0.05, 0) is 56.6 Å². The van der Waals surface area contributed by atoms with Gasteiger partial charge >= 0.3 is 5.63 Å². The second-order valence-corrected chi connectivity index (χ2v) is 6.44. The molecule has 0 aliphatic heterocycles. The molecule has 8 heteroatoms. The first-order chi connectivity index (χ1) is 11.9. The first-order valence-corrected chi connectivity index (χ1v) is 8.41. The number of carbonyl (C=O) groups excluding carboxylic acids is 1. The predicted octanol–water partition coefficient (Wildman–Crippen LogP) is 1.53. The third-order valence-electron chi connectivity index (χ3n) is 3.82. The summed E-state index contributed by atoms with van der Waals surface area (Å²) < 4.78 is 10.8. The molecule has 1 saturated carbocycles. The van der Waals surface area contributed by atoms with Crippen molar-refractivity contribution in [2.45, 2.75) is 38.8 Å². The van der Waals surface area contributed by atoms with E-state index in [4.69, 9.17) is 21.4 Å². The molecule has 1 aromatic heterocycles. The standard InChI is InChI=1S/C17H19N3O4S/c1-9-7-15(21)24-14-8-12(5-6-13(9)14)23-10(2)16(22)19-20-17(25)18-11-3-4-11/h5-8,10-11H,3-4H2,1-2H3,(H,19,22)(H2,18,20,25)/t10-/m0/s1. The van der Waals surface area contributed by atoms with Crippen LogP contribution in [0.25, 0.3) is 11.0 Å². The minimum Gasteiger partial charge on any atom is -0.481 e. The lowest BCUT2D eigenvalue weighted by atomic mass is 10.1. The fraction of sp³-hybridized carbons (Fsp3) is 0.353. The van der Waals surface area contributed by atoms with Gasteiger partial charge in [0.1, 0.15) is 11.3 Å².